The Hall–Kier alpha value is -4.63. The number of allylic oxidation sites excluding steroid dienone is 1. The molecule has 0 fully saturated rings. The smallest absolute Gasteiger partial charge is 0.352 e. The van der Waals surface area contributed by atoms with Gasteiger partial charge >= 0.3 is 5.69 Å². The third-order valence-electron chi connectivity index (χ3n) is 6.75. The molecule has 40 heavy (non-hydrogen) atoms. The molecule has 2 heterocycles. The van der Waals surface area contributed by atoms with Crippen LogP contribution in [0.1, 0.15) is 36.4 Å². The zero-order valence-corrected chi connectivity index (χ0v) is 22.4. The van der Waals surface area contributed by atoms with Crippen molar-refractivity contribution < 1.29 is 13.5 Å². The fraction of sp³-hybridized carbons (Fsp3) is 0.194. The van der Waals surface area contributed by atoms with Crippen molar-refractivity contribution in [1.82, 2.24) is 18.9 Å². The number of ether oxygens (including phenoxy) is 1. The molecular weight excluding hydrogens is 514 g/mol. The first kappa shape index (κ1) is 27.0. The molecule has 2 aromatic heterocycles. The lowest BCUT2D eigenvalue weighted by Gasteiger charge is -2.20. The Morgan fingerprint density at radius 3 is 2.40 bits per heavy atom. The first-order valence-electron chi connectivity index (χ1n) is 12.8. The van der Waals surface area contributed by atoms with Crippen molar-refractivity contribution in [3.05, 3.63) is 128 Å². The Bertz CT molecular complexity index is 1870. The topological polar surface area (TPSA) is 71.0 Å². The Kier molecular flexibility index (Phi) is 7.32. The largest absolute Gasteiger partial charge is 0.369 e. The molecule has 0 spiro atoms. The van der Waals surface area contributed by atoms with E-state index >= 15 is 0 Å². The molecule has 0 saturated heterocycles. The minimum Gasteiger partial charge on any atom is -0.369 e. The van der Waals surface area contributed by atoms with Crippen LogP contribution >= 0.6 is 0 Å². The Balaban J connectivity index is 1.78. The van der Waals surface area contributed by atoms with E-state index in [1.54, 1.807) is 13.8 Å². The molecular formula is C31H28F2N4O3. The zero-order valence-electron chi connectivity index (χ0n) is 22.4. The van der Waals surface area contributed by atoms with E-state index in [-0.39, 0.29) is 17.8 Å². The van der Waals surface area contributed by atoms with Gasteiger partial charge in [0, 0.05) is 12.1 Å². The van der Waals surface area contributed by atoms with Crippen LogP contribution in [-0.2, 0) is 24.5 Å². The summed E-state index contributed by atoms with van der Waals surface area (Å²) in [5.74, 6) is -0.540. The summed E-state index contributed by atoms with van der Waals surface area (Å²) in [6.45, 7) is 9.90. The van der Waals surface area contributed by atoms with Crippen molar-refractivity contribution in [3.63, 3.8) is 0 Å². The number of benzene rings is 3. The van der Waals surface area contributed by atoms with Crippen LogP contribution in [0.15, 0.2) is 82.9 Å². The Morgan fingerprint density at radius 1 is 0.975 bits per heavy atom. The predicted octanol–water partition coefficient (Wildman–Crippen LogP) is 5.69. The van der Waals surface area contributed by atoms with Crippen molar-refractivity contribution in [2.75, 3.05) is 0 Å². The van der Waals surface area contributed by atoms with E-state index in [0.29, 0.717) is 46.7 Å². The van der Waals surface area contributed by atoms with Gasteiger partial charge in [0.25, 0.3) is 5.56 Å². The molecule has 0 aliphatic heterocycles. The second kappa shape index (κ2) is 10.9. The molecule has 5 aromatic rings. The standard InChI is InChI=1S/C31H28F2N4O3/c1-5-35-27(18-40-17-21-9-7-6-8-10-21)34-37(31(35)39)29-28(19(2)3)24-13-11-22(32)16-25(24)30(38)36(29)23-12-14-26(33)20(4)15-23/h6-16H,2,5,17-18H2,1,3-4H3. The van der Waals surface area contributed by atoms with Crippen molar-refractivity contribution in [2.45, 2.75) is 40.5 Å². The molecule has 204 valence electrons. The number of fused-ring (bicyclic) bond motifs is 1. The van der Waals surface area contributed by atoms with Gasteiger partial charge in [0.2, 0.25) is 0 Å². The average Bonchev–Trinajstić information content (AvgIpc) is 3.25. The van der Waals surface area contributed by atoms with E-state index in [0.717, 1.165) is 16.3 Å². The summed E-state index contributed by atoms with van der Waals surface area (Å²) >= 11 is 0. The van der Waals surface area contributed by atoms with E-state index in [1.165, 1.54) is 39.5 Å². The summed E-state index contributed by atoms with van der Waals surface area (Å²) in [6.07, 6.45) is 0. The highest BCUT2D eigenvalue weighted by Gasteiger charge is 2.25. The van der Waals surface area contributed by atoms with Crippen LogP contribution in [0.5, 0.6) is 0 Å². The summed E-state index contributed by atoms with van der Waals surface area (Å²) in [6, 6.07) is 17.7. The van der Waals surface area contributed by atoms with Gasteiger partial charge in [-0.1, -0.05) is 43.0 Å². The number of nitrogens with zero attached hydrogens (tertiary/aromatic N) is 4. The number of hydrogen-bond acceptors (Lipinski definition) is 4. The van der Waals surface area contributed by atoms with Gasteiger partial charge in [-0.2, -0.15) is 4.68 Å². The number of rotatable bonds is 8. The van der Waals surface area contributed by atoms with Crippen LogP contribution in [0.4, 0.5) is 8.78 Å². The number of aryl methyl sites for hydroxylation is 1. The Morgan fingerprint density at radius 2 is 1.73 bits per heavy atom. The molecule has 0 amide bonds. The highest BCUT2D eigenvalue weighted by atomic mass is 19.1. The van der Waals surface area contributed by atoms with E-state index < -0.39 is 22.9 Å². The lowest BCUT2D eigenvalue weighted by molar-refractivity contribution is 0.0989. The van der Waals surface area contributed by atoms with Gasteiger partial charge in [-0.15, -0.1) is 5.10 Å². The fourth-order valence-electron chi connectivity index (χ4n) is 4.82. The molecule has 5 rings (SSSR count). The van der Waals surface area contributed by atoms with Gasteiger partial charge in [0.15, 0.2) is 11.6 Å². The molecule has 0 aliphatic carbocycles. The molecule has 0 saturated carbocycles. The average molecular weight is 543 g/mol. The fourth-order valence-corrected chi connectivity index (χ4v) is 4.82. The number of hydrogen-bond donors (Lipinski definition) is 0. The zero-order chi connectivity index (χ0) is 28.6. The van der Waals surface area contributed by atoms with Gasteiger partial charge in [0.05, 0.1) is 17.7 Å². The third-order valence-corrected chi connectivity index (χ3v) is 6.75. The molecule has 9 heteroatoms. The maximum atomic E-state index is 14.3. The van der Waals surface area contributed by atoms with Crippen LogP contribution in [0.2, 0.25) is 0 Å². The molecule has 0 radical (unpaired) electrons. The number of halogens is 2. The summed E-state index contributed by atoms with van der Waals surface area (Å²) in [5, 5.41) is 5.13. The van der Waals surface area contributed by atoms with Gasteiger partial charge in [-0.25, -0.2) is 13.6 Å². The lowest BCUT2D eigenvalue weighted by atomic mass is 10.0. The molecule has 0 N–H and O–H groups in total. The second-order valence-electron chi connectivity index (χ2n) is 9.58. The highest BCUT2D eigenvalue weighted by Crippen LogP contribution is 2.30. The summed E-state index contributed by atoms with van der Waals surface area (Å²) in [7, 11) is 0. The maximum Gasteiger partial charge on any atom is 0.352 e. The first-order valence-corrected chi connectivity index (χ1v) is 12.8. The minimum atomic E-state index is -0.586. The van der Waals surface area contributed by atoms with E-state index in [4.69, 9.17) is 4.74 Å². The molecule has 0 atom stereocenters. The van der Waals surface area contributed by atoms with Crippen LogP contribution in [0.25, 0.3) is 27.9 Å². The molecule has 7 nitrogen and oxygen atoms in total. The molecule has 0 bridgehead atoms. The highest BCUT2D eigenvalue weighted by molar-refractivity contribution is 5.95. The van der Waals surface area contributed by atoms with Gasteiger partial charge in [-0.3, -0.25) is 13.9 Å². The van der Waals surface area contributed by atoms with Crippen molar-refractivity contribution in [2.24, 2.45) is 0 Å². The van der Waals surface area contributed by atoms with Gasteiger partial charge in [0.1, 0.15) is 18.2 Å². The van der Waals surface area contributed by atoms with Crippen LogP contribution < -0.4 is 11.2 Å². The van der Waals surface area contributed by atoms with Crippen molar-refractivity contribution in [3.8, 4) is 11.5 Å². The van der Waals surface area contributed by atoms with Crippen LogP contribution in [0, 0.1) is 18.6 Å². The van der Waals surface area contributed by atoms with E-state index in [9.17, 15) is 18.4 Å². The minimum absolute atomic E-state index is 0.0477. The van der Waals surface area contributed by atoms with Crippen LogP contribution in [0.3, 0.4) is 0 Å². The molecule has 0 unspecified atom stereocenters. The summed E-state index contributed by atoms with van der Waals surface area (Å²) < 4.78 is 38.3. The number of aromatic nitrogens is 4. The third kappa shape index (κ3) is 4.80. The van der Waals surface area contributed by atoms with E-state index in [1.807, 2.05) is 37.3 Å². The first-order chi connectivity index (χ1) is 19.2. The number of pyridine rings is 1. The summed E-state index contributed by atoms with van der Waals surface area (Å²) in [4.78, 5) is 27.7. The molecule has 3 aromatic carbocycles. The van der Waals surface area contributed by atoms with Crippen LogP contribution in [-0.4, -0.2) is 18.9 Å². The van der Waals surface area contributed by atoms with Crippen molar-refractivity contribution in [1.29, 1.82) is 0 Å². The Labute approximate surface area is 229 Å². The quantitative estimate of drug-likeness (QED) is 0.252. The SMILES string of the molecule is C=C(C)c1c(-n2nc(COCc3ccccc3)n(CC)c2=O)n(-c2ccc(F)c(C)c2)c(=O)c2cc(F)ccc12. The molecule has 0 aliphatic rings. The van der Waals surface area contributed by atoms with Gasteiger partial charge in [-0.05, 0) is 73.2 Å². The maximum absolute atomic E-state index is 14.3. The predicted molar refractivity (Wildman–Crippen MR) is 151 cm³/mol. The normalized spacial score (nSPS) is 11.3. The van der Waals surface area contributed by atoms with E-state index in [2.05, 4.69) is 11.7 Å². The second-order valence-corrected chi connectivity index (χ2v) is 9.58. The van der Waals surface area contributed by atoms with Crippen molar-refractivity contribution >= 4 is 16.3 Å². The lowest BCUT2D eigenvalue weighted by Crippen LogP contribution is -2.31. The van der Waals surface area contributed by atoms with Gasteiger partial charge < -0.3 is 4.74 Å². The summed E-state index contributed by atoms with van der Waals surface area (Å²) in [5.41, 5.74) is 1.46. The monoisotopic (exact) mass is 542 g/mol.